The smallest absolute Gasteiger partial charge is 0.309 e. The van der Waals surface area contributed by atoms with E-state index < -0.39 is 42.4 Å². The number of carbonyl (C=O) groups excluding carboxylic acids is 2. The summed E-state index contributed by atoms with van der Waals surface area (Å²) < 4.78 is 27.6. The third-order valence-electron chi connectivity index (χ3n) is 15.2. The third-order valence-corrected chi connectivity index (χ3v) is 15.2. The average molecular weight is 1060 g/mol. The predicted molar refractivity (Wildman–Crippen MR) is 291 cm³/mol. The van der Waals surface area contributed by atoms with Crippen LogP contribution in [-0.4, -0.2) is 166 Å². The number of ether oxygens (including phenoxy) is 5. The standard InChI is InChI=1S/C28H35N3O3.C21H38O6.C7H14O3.2CH4O/c1-20-14-24(17-28(32)34-20)30(2)11-5-13-33-25-16-23-15-21(8-9-26(23)29-18-25)19-31-12-10-22-6-3-4-7-27(22)31;1-8-17-21(6,25)19(23)15(5)18(22)13(3)11-16(26-7)10-12(2)9-14(4)20(24)27-17;1-4-3-6(8)10-5(2)7(4)9;2*1-2/h3-4,6-9,15-16,18,20,24,28,32H,5,10-14,17,19H2,1-2H3;12-17,19,23,25H,8-11H2,1-7H3;4-9H,3H2,1-2H3;2*2H,1H3/t;12-,13+,14?,15?,16?,17+,19?,21+;4?,5?,6-,7-;;/m.01../s1. The molecule has 9 unspecified atom stereocenters. The van der Waals surface area contributed by atoms with Crippen molar-refractivity contribution in [2.45, 2.75) is 187 Å². The molecule has 0 saturated carbocycles. The highest BCUT2D eigenvalue weighted by molar-refractivity contribution is 5.83. The van der Waals surface area contributed by atoms with E-state index in [9.17, 15) is 30.0 Å². The van der Waals surface area contributed by atoms with Crippen LogP contribution in [0.2, 0.25) is 0 Å². The van der Waals surface area contributed by atoms with Crippen molar-refractivity contribution in [2.24, 2.45) is 29.6 Å². The van der Waals surface area contributed by atoms with Gasteiger partial charge in [0.15, 0.2) is 12.6 Å². The van der Waals surface area contributed by atoms with Gasteiger partial charge in [-0.25, -0.2) is 0 Å². The lowest BCUT2D eigenvalue weighted by Gasteiger charge is -2.39. The molecule has 0 bridgehead atoms. The van der Waals surface area contributed by atoms with Crippen LogP contribution in [0.1, 0.15) is 125 Å². The number of hydrogen-bond acceptors (Lipinski definition) is 17. The van der Waals surface area contributed by atoms with Crippen LogP contribution in [0, 0.1) is 29.6 Å². The number of carbonyl (C=O) groups is 2. The summed E-state index contributed by atoms with van der Waals surface area (Å²) >= 11 is 0. The minimum Gasteiger partial charge on any atom is -0.492 e. The van der Waals surface area contributed by atoms with Crippen molar-refractivity contribution in [1.29, 1.82) is 0 Å². The number of benzene rings is 2. The number of rotatable bonds is 10. The van der Waals surface area contributed by atoms with Crippen LogP contribution < -0.4 is 9.64 Å². The highest BCUT2D eigenvalue weighted by atomic mass is 16.6. The first-order valence-corrected chi connectivity index (χ1v) is 27.1. The van der Waals surface area contributed by atoms with E-state index in [4.69, 9.17) is 39.0 Å². The van der Waals surface area contributed by atoms with Crippen LogP contribution in [0.4, 0.5) is 5.69 Å². The molecule has 7 N–H and O–H groups in total. The van der Waals surface area contributed by atoms with Crippen molar-refractivity contribution >= 4 is 28.3 Å². The number of aromatic nitrogens is 1. The summed E-state index contributed by atoms with van der Waals surface area (Å²) in [7, 11) is 5.75. The fraction of sp³-hybridized carbons (Fsp3) is 0.707. The number of anilines is 1. The summed E-state index contributed by atoms with van der Waals surface area (Å²) in [6.45, 7) is 19.8. The Morgan fingerprint density at radius 3 is 2.17 bits per heavy atom. The average Bonchev–Trinajstić information content (AvgIpc) is 3.80. The first-order chi connectivity index (χ1) is 35.6. The van der Waals surface area contributed by atoms with E-state index in [1.807, 2.05) is 33.9 Å². The van der Waals surface area contributed by atoms with Gasteiger partial charge >= 0.3 is 5.97 Å². The topological polar surface area (TPSA) is 241 Å². The van der Waals surface area contributed by atoms with Gasteiger partial charge in [0.2, 0.25) is 0 Å². The molecule has 75 heavy (non-hydrogen) atoms. The zero-order valence-electron chi connectivity index (χ0n) is 47.3. The molecule has 426 valence electrons. The van der Waals surface area contributed by atoms with Crippen molar-refractivity contribution in [1.82, 2.24) is 9.88 Å². The number of fused-ring (bicyclic) bond motifs is 2. The molecule has 7 rings (SSSR count). The Balaban J connectivity index is 0.000000322. The Morgan fingerprint density at radius 2 is 1.52 bits per heavy atom. The van der Waals surface area contributed by atoms with Gasteiger partial charge in [0.1, 0.15) is 23.2 Å². The molecule has 0 spiro atoms. The molecule has 4 aliphatic rings. The molecule has 17 nitrogen and oxygen atoms in total. The van der Waals surface area contributed by atoms with Gasteiger partial charge in [0.25, 0.3) is 0 Å². The third kappa shape index (κ3) is 19.5. The minimum atomic E-state index is -1.71. The molecule has 3 aromatic rings. The Hall–Kier alpha value is -3.85. The number of methoxy groups -OCH3 is 1. The molecule has 17 heteroatoms. The van der Waals surface area contributed by atoms with Crippen molar-refractivity contribution < 1.29 is 69.0 Å². The number of hydrogen-bond donors (Lipinski definition) is 7. The van der Waals surface area contributed by atoms with Crippen molar-refractivity contribution in [2.75, 3.05) is 53.0 Å². The van der Waals surface area contributed by atoms with E-state index >= 15 is 0 Å². The van der Waals surface area contributed by atoms with Crippen molar-refractivity contribution in [3.63, 3.8) is 0 Å². The van der Waals surface area contributed by atoms with Gasteiger partial charge in [0.05, 0.1) is 54.8 Å². The Labute approximate surface area is 447 Å². The number of cyclic esters (lactones) is 1. The van der Waals surface area contributed by atoms with Crippen molar-refractivity contribution in [3.05, 3.63) is 65.9 Å². The lowest BCUT2D eigenvalue weighted by molar-refractivity contribution is -0.209. The second kappa shape index (κ2) is 32.1. The lowest BCUT2D eigenvalue weighted by atomic mass is 9.78. The summed E-state index contributed by atoms with van der Waals surface area (Å²) in [6, 6.07) is 17.7. The molecular formula is C58H95N3O14. The quantitative estimate of drug-likeness (QED) is 0.0853. The minimum absolute atomic E-state index is 0.0984. The van der Waals surface area contributed by atoms with Gasteiger partial charge in [-0.1, -0.05) is 65.8 Å². The summed E-state index contributed by atoms with van der Waals surface area (Å²) in [5.74, 6) is -0.731. The summed E-state index contributed by atoms with van der Waals surface area (Å²) in [6.07, 6.45) is 4.08. The van der Waals surface area contributed by atoms with E-state index in [2.05, 4.69) is 77.3 Å². The number of para-hydroxylation sites is 1. The Kier molecular flexibility index (Phi) is 28.0. The number of nitrogens with zero attached hydrogens (tertiary/aromatic N) is 3. The molecule has 0 amide bonds. The van der Waals surface area contributed by atoms with Gasteiger partial charge in [-0.15, -0.1) is 0 Å². The number of ketones is 1. The lowest BCUT2D eigenvalue weighted by Crippen LogP contribution is -2.55. The fourth-order valence-corrected chi connectivity index (χ4v) is 10.8. The highest BCUT2D eigenvalue weighted by Gasteiger charge is 2.46. The van der Waals surface area contributed by atoms with Crippen LogP contribution in [-0.2, 0) is 41.5 Å². The maximum Gasteiger partial charge on any atom is 0.309 e. The van der Waals surface area contributed by atoms with Crippen LogP contribution in [0.3, 0.4) is 0 Å². The van der Waals surface area contributed by atoms with Crippen LogP contribution in [0.15, 0.2) is 54.7 Å². The van der Waals surface area contributed by atoms with Crippen LogP contribution in [0.5, 0.6) is 5.75 Å². The predicted octanol–water partition coefficient (Wildman–Crippen LogP) is 6.44. The number of aliphatic hydroxyl groups is 7. The fourth-order valence-electron chi connectivity index (χ4n) is 10.8. The van der Waals surface area contributed by atoms with E-state index in [0.717, 1.165) is 76.2 Å². The SMILES string of the molecule is CC1CC(N(C)CCCOc2cnc3ccc(CN4CCc5ccccc54)cc3c2)CC(O)O1.CC1C[C@H](O)OC(C)[C@@H]1O.CC[C@H]1OC(=O)C(C)C[C@H](C)CC(OC)C[C@@H](C)C(=O)C(C)C(O)[C@]1(C)O.CO.CO. The first kappa shape index (κ1) is 65.4. The molecule has 1 aromatic heterocycles. The van der Waals surface area contributed by atoms with Gasteiger partial charge in [-0.3, -0.25) is 14.6 Å². The maximum absolute atomic E-state index is 12.8. The summed E-state index contributed by atoms with van der Waals surface area (Å²) in [4.78, 5) is 34.7. The monoisotopic (exact) mass is 1060 g/mol. The summed E-state index contributed by atoms with van der Waals surface area (Å²) in [5.41, 5.74) is 3.36. The first-order valence-electron chi connectivity index (χ1n) is 27.1. The normalized spacial score (nSPS) is 32.4. The second-order valence-electron chi connectivity index (χ2n) is 21.4. The number of Topliss-reactive ketones (excluding diaryl/α,β-unsaturated/α-hetero) is 1. The molecule has 0 aliphatic carbocycles. The van der Waals surface area contributed by atoms with Gasteiger partial charge in [-0.2, -0.15) is 0 Å². The van der Waals surface area contributed by atoms with Gasteiger partial charge < -0.3 is 69.2 Å². The van der Waals surface area contributed by atoms with E-state index in [1.54, 1.807) is 27.9 Å². The van der Waals surface area contributed by atoms with Crippen LogP contribution in [0.25, 0.3) is 10.9 Å². The Morgan fingerprint density at radius 1 is 0.840 bits per heavy atom. The van der Waals surface area contributed by atoms with Crippen molar-refractivity contribution in [3.8, 4) is 5.75 Å². The molecule has 3 saturated heterocycles. The van der Waals surface area contributed by atoms with E-state index in [0.29, 0.717) is 44.8 Å². The summed E-state index contributed by atoms with van der Waals surface area (Å²) in [5, 5.41) is 65.0. The van der Waals surface area contributed by atoms with E-state index in [1.165, 1.54) is 23.7 Å². The molecule has 5 heterocycles. The van der Waals surface area contributed by atoms with E-state index in [-0.39, 0.29) is 53.7 Å². The Bertz CT molecular complexity index is 2110. The molecular weight excluding hydrogens is 963 g/mol. The largest absolute Gasteiger partial charge is 0.492 e. The van der Waals surface area contributed by atoms with Gasteiger partial charge in [-0.05, 0) is 120 Å². The number of aliphatic hydroxyl groups excluding tert-OH is 6. The molecule has 15 atom stereocenters. The molecule has 2 aromatic carbocycles. The van der Waals surface area contributed by atoms with Crippen LogP contribution >= 0.6 is 0 Å². The number of esters is 1. The highest BCUT2D eigenvalue weighted by Crippen LogP contribution is 2.33. The number of pyridine rings is 1. The molecule has 3 fully saturated rings. The molecule has 4 aliphatic heterocycles. The second-order valence-corrected chi connectivity index (χ2v) is 21.4. The maximum atomic E-state index is 12.8. The zero-order chi connectivity index (χ0) is 56.2. The van der Waals surface area contributed by atoms with Gasteiger partial charge in [0, 0.05) is 82.8 Å². The molecule has 0 radical (unpaired) electrons. The zero-order valence-corrected chi connectivity index (χ0v) is 47.3.